The Morgan fingerprint density at radius 2 is 0.679 bits per heavy atom. The van der Waals surface area contributed by atoms with Crippen molar-refractivity contribution in [1.29, 1.82) is 0 Å². The number of hydrogen-bond acceptors (Lipinski definition) is 7. The summed E-state index contributed by atoms with van der Waals surface area (Å²) in [6.07, 6.45) is 84.6. The molecule has 0 rings (SSSR count). The lowest BCUT2D eigenvalue weighted by Crippen LogP contribution is -2.40. The molecule has 0 aliphatic carbocycles. The molecular weight excluding hydrogens is 1040 g/mol. The van der Waals surface area contributed by atoms with Crippen molar-refractivity contribution in [3.8, 4) is 0 Å². The van der Waals surface area contributed by atoms with Gasteiger partial charge < -0.3 is 28.5 Å². The molecule has 0 bridgehead atoms. The van der Waals surface area contributed by atoms with Gasteiger partial charge in [0.25, 0.3) is 6.29 Å². The third-order valence-electron chi connectivity index (χ3n) is 15.7. The summed E-state index contributed by atoms with van der Waals surface area (Å²) in [6.45, 7) is 4.80. The van der Waals surface area contributed by atoms with Gasteiger partial charge in [-0.1, -0.05) is 305 Å². The fraction of sp³-hybridized carbons (Fsp3) is 0.800. The maximum absolute atomic E-state index is 12.9. The Morgan fingerprint density at radius 1 is 0.369 bits per heavy atom. The smallest absolute Gasteiger partial charge is 0.361 e. The number of rotatable bonds is 66. The molecule has 2 atom stereocenters. The second kappa shape index (κ2) is 65.7. The van der Waals surface area contributed by atoms with E-state index in [0.29, 0.717) is 17.4 Å². The highest BCUT2D eigenvalue weighted by Crippen LogP contribution is 2.18. The molecule has 0 aromatic heterocycles. The van der Waals surface area contributed by atoms with Gasteiger partial charge in [-0.2, -0.15) is 0 Å². The van der Waals surface area contributed by atoms with Crippen LogP contribution in [0.3, 0.4) is 0 Å². The third-order valence-corrected chi connectivity index (χ3v) is 15.7. The molecule has 0 saturated heterocycles. The number of hydrogen-bond donors (Lipinski definition) is 1. The minimum Gasteiger partial charge on any atom is -0.477 e. The number of allylic oxidation sites excluding steroid dienone is 12. The van der Waals surface area contributed by atoms with Gasteiger partial charge in [-0.25, -0.2) is 4.79 Å². The Balaban J connectivity index is 3.96. The number of esters is 2. The molecule has 0 spiro atoms. The van der Waals surface area contributed by atoms with Crippen LogP contribution in [0.25, 0.3) is 0 Å². The molecule has 0 aromatic carbocycles. The van der Waals surface area contributed by atoms with E-state index >= 15 is 0 Å². The van der Waals surface area contributed by atoms with Crippen molar-refractivity contribution in [3.63, 3.8) is 0 Å². The number of aliphatic carboxylic acids is 1. The van der Waals surface area contributed by atoms with E-state index in [-0.39, 0.29) is 38.2 Å². The Morgan fingerprint density at radius 3 is 1.02 bits per heavy atom. The number of carbonyl (C=O) groups is 3. The molecule has 9 nitrogen and oxygen atoms in total. The summed E-state index contributed by atoms with van der Waals surface area (Å²) in [4.78, 5) is 37.6. The lowest BCUT2D eigenvalue weighted by molar-refractivity contribution is -0.870. The number of carboxylic acids is 1. The number of unbranched alkanes of at least 4 members (excludes halogenated alkanes) is 39. The van der Waals surface area contributed by atoms with E-state index in [1.165, 1.54) is 231 Å². The minimum atomic E-state index is -1.51. The summed E-state index contributed by atoms with van der Waals surface area (Å²) >= 11 is 0. The fourth-order valence-electron chi connectivity index (χ4n) is 10.3. The number of nitrogens with zero attached hydrogens (tertiary/aromatic N) is 1. The number of quaternary nitrogens is 1. The highest BCUT2D eigenvalue weighted by Gasteiger charge is 2.25. The summed E-state index contributed by atoms with van der Waals surface area (Å²) in [7, 11) is 5.98. The second-order valence-corrected chi connectivity index (χ2v) is 25.2. The summed E-state index contributed by atoms with van der Waals surface area (Å²) in [5, 5.41) is 9.73. The van der Waals surface area contributed by atoms with Crippen molar-refractivity contribution in [2.45, 2.75) is 341 Å². The first-order valence-electron chi connectivity index (χ1n) is 35.6. The summed E-state index contributed by atoms with van der Waals surface area (Å²) < 4.78 is 23.0. The van der Waals surface area contributed by atoms with Crippen LogP contribution in [0.2, 0.25) is 0 Å². The highest BCUT2D eigenvalue weighted by atomic mass is 16.7. The van der Waals surface area contributed by atoms with Crippen LogP contribution in [0, 0.1) is 0 Å². The van der Waals surface area contributed by atoms with Gasteiger partial charge in [0.15, 0.2) is 6.10 Å². The average molecular weight is 1180 g/mol. The van der Waals surface area contributed by atoms with Crippen molar-refractivity contribution in [1.82, 2.24) is 0 Å². The first-order valence-corrected chi connectivity index (χ1v) is 35.6. The maximum Gasteiger partial charge on any atom is 0.361 e. The van der Waals surface area contributed by atoms with Gasteiger partial charge in [-0.05, 0) is 83.5 Å². The average Bonchev–Trinajstić information content (AvgIpc) is 3.52. The topological polar surface area (TPSA) is 108 Å². The molecule has 0 heterocycles. The third kappa shape index (κ3) is 66.3. The minimum absolute atomic E-state index is 0.181. The number of carbonyl (C=O) groups excluding carboxylic acids is 2. The van der Waals surface area contributed by atoms with E-state index in [0.717, 1.165) is 70.6 Å². The number of ether oxygens (including phenoxy) is 4. The van der Waals surface area contributed by atoms with Gasteiger partial charge >= 0.3 is 17.9 Å². The van der Waals surface area contributed by atoms with Crippen LogP contribution in [0.5, 0.6) is 0 Å². The molecular formula is C75H136NO8+. The van der Waals surface area contributed by atoms with Crippen molar-refractivity contribution < 1.29 is 42.9 Å². The largest absolute Gasteiger partial charge is 0.477 e. The van der Waals surface area contributed by atoms with E-state index in [4.69, 9.17) is 18.9 Å². The van der Waals surface area contributed by atoms with E-state index in [2.05, 4.69) is 86.8 Å². The van der Waals surface area contributed by atoms with E-state index in [1.807, 2.05) is 21.1 Å². The first kappa shape index (κ1) is 80.7. The predicted octanol–water partition coefficient (Wildman–Crippen LogP) is 22.1. The van der Waals surface area contributed by atoms with Gasteiger partial charge in [0, 0.05) is 12.8 Å². The highest BCUT2D eigenvalue weighted by molar-refractivity contribution is 5.71. The van der Waals surface area contributed by atoms with Crippen molar-refractivity contribution in [2.75, 3.05) is 47.5 Å². The van der Waals surface area contributed by atoms with Gasteiger partial charge in [0.05, 0.1) is 34.4 Å². The standard InChI is InChI=1S/C75H135NO8/c1-6-8-10-12-14-16-18-20-22-24-26-27-28-29-30-31-32-33-34-35-36-37-38-39-40-41-42-43-44-45-46-47-48-50-52-54-56-58-60-62-64-66-73(78)84-71(70-83-75(74(79)80)81-68-67-76(3,4)5)69-82-72(77)65-63-61-59-57-55-53-51-49-25-23-21-19-17-15-13-11-9-7-2/h8,10,14,16,20,22-23,25-27,29-30,71,75H,6-7,9,11-13,15,17-19,21,24,28,31-70H2,1-5H3/p+1/b10-8-,16-14-,22-20-,25-23-,27-26-,30-29-. The lowest BCUT2D eigenvalue weighted by atomic mass is 10.0. The molecule has 0 aliphatic rings. The monoisotopic (exact) mass is 1180 g/mol. The molecule has 0 aromatic rings. The molecule has 2 unspecified atom stereocenters. The first-order chi connectivity index (χ1) is 41.1. The molecule has 488 valence electrons. The van der Waals surface area contributed by atoms with Gasteiger partial charge in [0.1, 0.15) is 13.2 Å². The van der Waals surface area contributed by atoms with E-state index in [9.17, 15) is 19.5 Å². The van der Waals surface area contributed by atoms with Crippen LogP contribution in [0.15, 0.2) is 72.9 Å². The molecule has 0 fully saturated rings. The van der Waals surface area contributed by atoms with Crippen molar-refractivity contribution in [2.24, 2.45) is 0 Å². The quantitative estimate of drug-likeness (QED) is 0.0211. The van der Waals surface area contributed by atoms with Crippen LogP contribution in [-0.2, 0) is 33.3 Å². The molecule has 1 N–H and O–H groups in total. The Labute approximate surface area is 519 Å². The number of carboxylic acid groups (broad SMARTS) is 1. The Hall–Kier alpha value is -3.27. The maximum atomic E-state index is 12.9. The zero-order valence-electron chi connectivity index (χ0n) is 55.8. The SMILES string of the molecule is CC/C=C\C/C=C\C/C=C\C/C=C\C/C=C\CCCCCCCCCCCCCCCCCCCCCCCCCCCC(=O)OC(COC(=O)CCCCCCCCC/C=C\CCCCCCCCC)COC(OCC[N+](C)(C)C)C(=O)O. The van der Waals surface area contributed by atoms with Crippen LogP contribution < -0.4 is 0 Å². The van der Waals surface area contributed by atoms with Gasteiger partial charge in [0.2, 0.25) is 0 Å². The summed E-state index contributed by atoms with van der Waals surface area (Å²) in [5.74, 6) is -1.99. The molecule has 9 heteroatoms. The predicted molar refractivity (Wildman–Crippen MR) is 359 cm³/mol. The Kier molecular flexibility index (Phi) is 63.1. The van der Waals surface area contributed by atoms with Gasteiger partial charge in [-0.3, -0.25) is 9.59 Å². The van der Waals surface area contributed by atoms with Crippen LogP contribution >= 0.6 is 0 Å². The molecule has 0 radical (unpaired) electrons. The lowest BCUT2D eigenvalue weighted by Gasteiger charge is -2.25. The van der Waals surface area contributed by atoms with Crippen LogP contribution in [-0.4, -0.2) is 87.4 Å². The van der Waals surface area contributed by atoms with E-state index in [1.54, 1.807) is 0 Å². The molecule has 84 heavy (non-hydrogen) atoms. The summed E-state index contributed by atoms with van der Waals surface area (Å²) in [6, 6.07) is 0. The summed E-state index contributed by atoms with van der Waals surface area (Å²) in [5.41, 5.74) is 0. The van der Waals surface area contributed by atoms with E-state index < -0.39 is 18.4 Å². The zero-order chi connectivity index (χ0) is 61.2. The fourth-order valence-corrected chi connectivity index (χ4v) is 10.3. The zero-order valence-corrected chi connectivity index (χ0v) is 55.8. The van der Waals surface area contributed by atoms with Crippen LogP contribution in [0.4, 0.5) is 0 Å². The Bertz CT molecular complexity index is 1610. The van der Waals surface area contributed by atoms with Crippen molar-refractivity contribution in [3.05, 3.63) is 72.9 Å². The number of likely N-dealkylation sites (N-methyl/N-ethyl adjacent to an activating group) is 1. The molecule has 0 saturated carbocycles. The second-order valence-electron chi connectivity index (χ2n) is 25.2. The normalized spacial score (nSPS) is 13.1. The molecule has 0 amide bonds. The van der Waals surface area contributed by atoms with Crippen LogP contribution in [0.1, 0.15) is 328 Å². The van der Waals surface area contributed by atoms with Crippen molar-refractivity contribution >= 4 is 17.9 Å². The molecule has 0 aliphatic heterocycles. The van der Waals surface area contributed by atoms with Gasteiger partial charge in [-0.15, -0.1) is 0 Å².